The molecule has 1 aliphatic rings. The SMILES string of the molecule is CO[C@H]1CNCC1Nc1c([N+](=O)[O-])cnc2ccccc12. The Morgan fingerprint density at radius 3 is 3.00 bits per heavy atom. The lowest BCUT2D eigenvalue weighted by molar-refractivity contribution is -0.384. The van der Waals surface area contributed by atoms with Crippen LogP contribution in [0.15, 0.2) is 30.5 Å². The molecule has 1 aromatic heterocycles. The van der Waals surface area contributed by atoms with E-state index >= 15 is 0 Å². The van der Waals surface area contributed by atoms with Crippen molar-refractivity contribution in [3.8, 4) is 0 Å². The van der Waals surface area contributed by atoms with Gasteiger partial charge < -0.3 is 15.4 Å². The van der Waals surface area contributed by atoms with Gasteiger partial charge in [0.05, 0.1) is 22.6 Å². The van der Waals surface area contributed by atoms with Gasteiger partial charge in [-0.3, -0.25) is 10.1 Å². The summed E-state index contributed by atoms with van der Waals surface area (Å²) in [4.78, 5) is 15.0. The van der Waals surface area contributed by atoms with Crippen molar-refractivity contribution in [3.63, 3.8) is 0 Å². The Bertz CT molecular complexity index is 676. The largest absolute Gasteiger partial charge is 0.378 e. The number of hydrogen-bond donors (Lipinski definition) is 2. The third-order valence-corrected chi connectivity index (χ3v) is 3.74. The number of methoxy groups -OCH3 is 1. The van der Waals surface area contributed by atoms with E-state index in [4.69, 9.17) is 4.74 Å². The van der Waals surface area contributed by atoms with Gasteiger partial charge in [0.1, 0.15) is 11.9 Å². The van der Waals surface area contributed by atoms with Crippen LogP contribution in [-0.2, 0) is 4.74 Å². The molecule has 1 unspecified atom stereocenters. The van der Waals surface area contributed by atoms with Gasteiger partial charge >= 0.3 is 5.69 Å². The van der Waals surface area contributed by atoms with E-state index in [-0.39, 0.29) is 17.8 Å². The fourth-order valence-corrected chi connectivity index (χ4v) is 2.65. The summed E-state index contributed by atoms with van der Waals surface area (Å²) in [5, 5.41) is 18.5. The number of anilines is 1. The van der Waals surface area contributed by atoms with E-state index in [0.29, 0.717) is 12.2 Å². The number of pyridine rings is 1. The smallest absolute Gasteiger partial charge is 0.311 e. The average Bonchev–Trinajstić information content (AvgIpc) is 2.94. The lowest BCUT2D eigenvalue weighted by atomic mass is 10.1. The quantitative estimate of drug-likeness (QED) is 0.655. The first-order valence-corrected chi connectivity index (χ1v) is 6.73. The first kappa shape index (κ1) is 13.7. The van der Waals surface area contributed by atoms with Crippen molar-refractivity contribution in [2.75, 3.05) is 25.5 Å². The number of fused-ring (bicyclic) bond motifs is 1. The molecule has 0 bridgehead atoms. The molecule has 21 heavy (non-hydrogen) atoms. The number of ether oxygens (including phenoxy) is 1. The Morgan fingerprint density at radius 2 is 2.24 bits per heavy atom. The van der Waals surface area contributed by atoms with Crippen LogP contribution in [0.25, 0.3) is 10.9 Å². The molecule has 3 rings (SSSR count). The third-order valence-electron chi connectivity index (χ3n) is 3.74. The Labute approximate surface area is 121 Å². The summed E-state index contributed by atoms with van der Waals surface area (Å²) in [6.07, 6.45) is 1.28. The lowest BCUT2D eigenvalue weighted by Gasteiger charge is -2.20. The van der Waals surface area contributed by atoms with Gasteiger partial charge in [-0.2, -0.15) is 0 Å². The second-order valence-electron chi connectivity index (χ2n) is 4.98. The molecule has 0 saturated carbocycles. The molecule has 2 N–H and O–H groups in total. The van der Waals surface area contributed by atoms with E-state index in [1.807, 2.05) is 24.3 Å². The van der Waals surface area contributed by atoms with E-state index in [9.17, 15) is 10.1 Å². The zero-order chi connectivity index (χ0) is 14.8. The Hall–Kier alpha value is -2.25. The molecule has 1 fully saturated rings. The van der Waals surface area contributed by atoms with E-state index in [1.54, 1.807) is 7.11 Å². The number of aromatic nitrogens is 1. The molecule has 1 aliphatic heterocycles. The van der Waals surface area contributed by atoms with Gasteiger partial charge in [-0.25, -0.2) is 4.98 Å². The van der Waals surface area contributed by atoms with Crippen LogP contribution in [0, 0.1) is 10.1 Å². The second kappa shape index (κ2) is 5.63. The van der Waals surface area contributed by atoms with Crippen molar-refractivity contribution in [1.82, 2.24) is 10.3 Å². The van der Waals surface area contributed by atoms with Crippen LogP contribution >= 0.6 is 0 Å². The van der Waals surface area contributed by atoms with Crippen LogP contribution < -0.4 is 10.6 Å². The van der Waals surface area contributed by atoms with E-state index < -0.39 is 4.92 Å². The maximum atomic E-state index is 11.3. The minimum Gasteiger partial charge on any atom is -0.378 e. The molecule has 2 atom stereocenters. The lowest BCUT2D eigenvalue weighted by Crippen LogP contribution is -2.33. The molecule has 2 heterocycles. The summed E-state index contributed by atoms with van der Waals surface area (Å²) in [6.45, 7) is 1.43. The molecule has 7 heteroatoms. The van der Waals surface area contributed by atoms with Crippen molar-refractivity contribution < 1.29 is 9.66 Å². The van der Waals surface area contributed by atoms with Crippen LogP contribution in [0.4, 0.5) is 11.4 Å². The normalized spacial score (nSPS) is 21.6. The van der Waals surface area contributed by atoms with Gasteiger partial charge in [-0.05, 0) is 6.07 Å². The van der Waals surface area contributed by atoms with Gasteiger partial charge in [0, 0.05) is 25.6 Å². The minimum atomic E-state index is -0.411. The number of rotatable bonds is 4. The van der Waals surface area contributed by atoms with E-state index in [1.165, 1.54) is 6.20 Å². The van der Waals surface area contributed by atoms with Crippen LogP contribution in [0.1, 0.15) is 0 Å². The molecule has 1 saturated heterocycles. The van der Waals surface area contributed by atoms with Crippen molar-refractivity contribution in [2.45, 2.75) is 12.1 Å². The summed E-state index contributed by atoms with van der Waals surface area (Å²) in [7, 11) is 1.64. The molecule has 7 nitrogen and oxygen atoms in total. The fourth-order valence-electron chi connectivity index (χ4n) is 2.65. The van der Waals surface area contributed by atoms with Crippen LogP contribution in [0.2, 0.25) is 0 Å². The molecular formula is C14H16N4O3. The number of nitrogens with one attached hydrogen (secondary N) is 2. The first-order chi connectivity index (χ1) is 10.2. The number of nitrogens with zero attached hydrogens (tertiary/aromatic N) is 2. The summed E-state index contributed by atoms with van der Waals surface area (Å²) in [6, 6.07) is 7.37. The first-order valence-electron chi connectivity index (χ1n) is 6.73. The summed E-state index contributed by atoms with van der Waals surface area (Å²) in [5.41, 5.74) is 1.21. The maximum absolute atomic E-state index is 11.3. The number of para-hydroxylation sites is 1. The van der Waals surface area contributed by atoms with Crippen molar-refractivity contribution in [1.29, 1.82) is 0 Å². The number of nitro groups is 1. The van der Waals surface area contributed by atoms with Crippen LogP contribution in [0.3, 0.4) is 0 Å². The predicted molar refractivity (Wildman–Crippen MR) is 79.5 cm³/mol. The fraction of sp³-hybridized carbons (Fsp3) is 0.357. The molecular weight excluding hydrogens is 272 g/mol. The molecule has 0 amide bonds. The van der Waals surface area contributed by atoms with Gasteiger partial charge in [0.2, 0.25) is 0 Å². The van der Waals surface area contributed by atoms with E-state index in [2.05, 4.69) is 15.6 Å². The number of benzene rings is 1. The van der Waals surface area contributed by atoms with Crippen molar-refractivity contribution >= 4 is 22.3 Å². The number of hydrogen-bond acceptors (Lipinski definition) is 6. The third kappa shape index (κ3) is 2.53. The summed E-state index contributed by atoms with van der Waals surface area (Å²) < 4.78 is 5.40. The Balaban J connectivity index is 2.06. The summed E-state index contributed by atoms with van der Waals surface area (Å²) in [5.74, 6) is 0. The molecule has 2 aromatic rings. The van der Waals surface area contributed by atoms with E-state index in [0.717, 1.165) is 17.4 Å². The highest BCUT2D eigenvalue weighted by Crippen LogP contribution is 2.32. The molecule has 0 aliphatic carbocycles. The highest BCUT2D eigenvalue weighted by Gasteiger charge is 2.29. The summed E-state index contributed by atoms with van der Waals surface area (Å²) >= 11 is 0. The van der Waals surface area contributed by atoms with Crippen LogP contribution in [-0.4, -0.2) is 42.3 Å². The maximum Gasteiger partial charge on any atom is 0.311 e. The van der Waals surface area contributed by atoms with Crippen LogP contribution in [0.5, 0.6) is 0 Å². The van der Waals surface area contributed by atoms with Gasteiger partial charge in [0.15, 0.2) is 0 Å². The monoisotopic (exact) mass is 288 g/mol. The topological polar surface area (TPSA) is 89.3 Å². The Morgan fingerprint density at radius 1 is 1.43 bits per heavy atom. The highest BCUT2D eigenvalue weighted by atomic mass is 16.6. The standard InChI is InChI=1S/C14H16N4O3/c1-21-13-8-15-6-11(13)17-14-9-4-2-3-5-10(9)16-7-12(14)18(19)20/h2-5,7,11,13,15H,6,8H2,1H3,(H,16,17)/t11?,13-/m0/s1. The Kier molecular flexibility index (Phi) is 3.68. The van der Waals surface area contributed by atoms with Gasteiger partial charge in [-0.15, -0.1) is 0 Å². The molecule has 1 aromatic carbocycles. The molecule has 0 spiro atoms. The predicted octanol–water partition coefficient (Wildman–Crippen LogP) is 1.54. The minimum absolute atomic E-state index is 0.0143. The molecule has 110 valence electrons. The van der Waals surface area contributed by atoms with Crippen molar-refractivity contribution in [3.05, 3.63) is 40.6 Å². The zero-order valence-corrected chi connectivity index (χ0v) is 11.6. The average molecular weight is 288 g/mol. The molecule has 0 radical (unpaired) electrons. The zero-order valence-electron chi connectivity index (χ0n) is 11.6. The van der Waals surface area contributed by atoms with Crippen molar-refractivity contribution in [2.24, 2.45) is 0 Å². The highest BCUT2D eigenvalue weighted by molar-refractivity contribution is 5.95. The van der Waals surface area contributed by atoms with Gasteiger partial charge in [-0.1, -0.05) is 18.2 Å². The second-order valence-corrected chi connectivity index (χ2v) is 4.98. The van der Waals surface area contributed by atoms with Gasteiger partial charge in [0.25, 0.3) is 0 Å².